The van der Waals surface area contributed by atoms with E-state index < -0.39 is 4.92 Å². The molecule has 2 aromatic rings. The van der Waals surface area contributed by atoms with Crippen molar-refractivity contribution >= 4 is 11.6 Å². The summed E-state index contributed by atoms with van der Waals surface area (Å²) in [5.41, 5.74) is 1.02. The number of nitro groups is 1. The first-order valence-corrected chi connectivity index (χ1v) is 6.17. The Hall–Kier alpha value is -2.64. The van der Waals surface area contributed by atoms with Gasteiger partial charge in [0.1, 0.15) is 5.69 Å². The van der Waals surface area contributed by atoms with Gasteiger partial charge in [-0.3, -0.25) is 20.0 Å². The lowest BCUT2D eigenvalue weighted by Gasteiger charge is -2.12. The van der Waals surface area contributed by atoms with Gasteiger partial charge in [-0.15, -0.1) is 0 Å². The topological polar surface area (TPSA) is 106 Å². The number of aromatic nitrogens is 3. The lowest BCUT2D eigenvalue weighted by atomic mass is 10.2. The average molecular weight is 277 g/mol. The van der Waals surface area contributed by atoms with Gasteiger partial charge in [-0.1, -0.05) is 0 Å². The minimum absolute atomic E-state index is 0.0898. The summed E-state index contributed by atoms with van der Waals surface area (Å²) in [6.45, 7) is 4.12. The van der Waals surface area contributed by atoms with Crippen LogP contribution in [0, 0.1) is 10.1 Å². The Morgan fingerprint density at radius 2 is 2.40 bits per heavy atom. The fourth-order valence-corrected chi connectivity index (χ4v) is 1.90. The second-order valence-electron chi connectivity index (χ2n) is 4.35. The van der Waals surface area contributed by atoms with Crippen molar-refractivity contribution in [3.8, 4) is 0 Å². The van der Waals surface area contributed by atoms with E-state index in [1.807, 2.05) is 13.8 Å². The largest absolute Gasteiger partial charge is 0.344 e. The molecule has 0 aliphatic heterocycles. The summed E-state index contributed by atoms with van der Waals surface area (Å²) >= 11 is 0. The molecule has 0 spiro atoms. The fourth-order valence-electron chi connectivity index (χ4n) is 1.90. The highest BCUT2D eigenvalue weighted by Gasteiger charge is 2.20. The maximum absolute atomic E-state index is 12.2. The lowest BCUT2D eigenvalue weighted by molar-refractivity contribution is -0.384. The minimum atomic E-state index is -0.511. The summed E-state index contributed by atoms with van der Waals surface area (Å²) in [6, 6.07) is 1.04. The number of aryl methyl sites for hydroxylation is 1. The molecule has 2 aromatic heterocycles. The van der Waals surface area contributed by atoms with Crippen molar-refractivity contribution in [1.29, 1.82) is 0 Å². The molecule has 0 fully saturated rings. The highest BCUT2D eigenvalue weighted by Crippen LogP contribution is 2.18. The van der Waals surface area contributed by atoms with E-state index in [1.54, 1.807) is 17.0 Å². The van der Waals surface area contributed by atoms with Gasteiger partial charge >= 0.3 is 0 Å². The molecule has 8 heteroatoms. The maximum atomic E-state index is 12.2. The molecule has 0 aromatic carbocycles. The smallest absolute Gasteiger partial charge is 0.287 e. The van der Waals surface area contributed by atoms with Gasteiger partial charge in [-0.05, 0) is 13.8 Å². The summed E-state index contributed by atoms with van der Waals surface area (Å²) in [5.74, 6) is -0.353. The monoisotopic (exact) mass is 277 g/mol. The first kappa shape index (κ1) is 13.8. The number of aromatic amines is 1. The highest BCUT2D eigenvalue weighted by molar-refractivity contribution is 5.93. The normalized spacial score (nSPS) is 12.1. The van der Waals surface area contributed by atoms with Gasteiger partial charge < -0.3 is 9.88 Å². The summed E-state index contributed by atoms with van der Waals surface area (Å²) in [4.78, 5) is 22.4. The number of H-pyrrole nitrogens is 1. The van der Waals surface area contributed by atoms with E-state index in [4.69, 9.17) is 0 Å². The van der Waals surface area contributed by atoms with Crippen LogP contribution in [0.3, 0.4) is 0 Å². The third-order valence-corrected chi connectivity index (χ3v) is 3.03. The molecule has 1 unspecified atom stereocenters. The number of carbonyl (C=O) groups is 1. The summed E-state index contributed by atoms with van der Waals surface area (Å²) < 4.78 is 1.55. The van der Waals surface area contributed by atoms with Gasteiger partial charge in [-0.2, -0.15) is 5.10 Å². The number of nitrogens with one attached hydrogen (secondary N) is 2. The molecule has 0 saturated carbocycles. The first-order valence-electron chi connectivity index (χ1n) is 6.17. The zero-order valence-electron chi connectivity index (χ0n) is 11.2. The highest BCUT2D eigenvalue weighted by atomic mass is 16.6. The van der Waals surface area contributed by atoms with Crippen molar-refractivity contribution in [3.63, 3.8) is 0 Å². The van der Waals surface area contributed by atoms with Crippen molar-refractivity contribution in [3.05, 3.63) is 46.0 Å². The van der Waals surface area contributed by atoms with Crippen LogP contribution in [0.1, 0.15) is 35.9 Å². The van der Waals surface area contributed by atoms with Crippen molar-refractivity contribution in [2.45, 2.75) is 26.4 Å². The van der Waals surface area contributed by atoms with Gasteiger partial charge in [0.05, 0.1) is 23.4 Å². The van der Waals surface area contributed by atoms with Crippen molar-refractivity contribution in [2.24, 2.45) is 0 Å². The number of nitrogens with zero attached hydrogens (tertiary/aromatic N) is 3. The quantitative estimate of drug-likeness (QED) is 0.639. The third-order valence-electron chi connectivity index (χ3n) is 3.03. The molecule has 8 nitrogen and oxygen atoms in total. The number of carbonyl (C=O) groups excluding carboxylic acids is 1. The molecule has 0 saturated heterocycles. The predicted octanol–water partition coefficient (Wildman–Crippen LogP) is 1.63. The Balaban J connectivity index is 2.18. The van der Waals surface area contributed by atoms with Crippen LogP contribution in [0.2, 0.25) is 0 Å². The Kier molecular flexibility index (Phi) is 3.83. The Morgan fingerprint density at radius 1 is 1.65 bits per heavy atom. The summed E-state index contributed by atoms with van der Waals surface area (Å²) in [7, 11) is 0. The Labute approximate surface area is 114 Å². The van der Waals surface area contributed by atoms with Crippen molar-refractivity contribution in [2.75, 3.05) is 0 Å². The molecule has 2 N–H and O–H groups in total. The summed E-state index contributed by atoms with van der Waals surface area (Å²) in [6.07, 6.45) is 4.66. The fraction of sp³-hybridized carbons (Fsp3) is 0.333. The van der Waals surface area contributed by atoms with Crippen LogP contribution in [0.4, 0.5) is 5.69 Å². The second-order valence-corrected chi connectivity index (χ2v) is 4.35. The van der Waals surface area contributed by atoms with E-state index in [0.29, 0.717) is 6.54 Å². The number of amides is 1. The molecule has 1 atom stereocenters. The number of rotatable bonds is 5. The van der Waals surface area contributed by atoms with E-state index in [-0.39, 0.29) is 23.3 Å². The zero-order valence-corrected chi connectivity index (χ0v) is 11.2. The molecule has 2 heterocycles. The predicted molar refractivity (Wildman–Crippen MR) is 71.2 cm³/mol. The first-order chi connectivity index (χ1) is 9.52. The number of hydrogen-bond acceptors (Lipinski definition) is 4. The van der Waals surface area contributed by atoms with E-state index in [1.165, 1.54) is 12.3 Å². The summed E-state index contributed by atoms with van der Waals surface area (Å²) in [5, 5.41) is 20.0. The van der Waals surface area contributed by atoms with E-state index in [2.05, 4.69) is 15.5 Å². The van der Waals surface area contributed by atoms with Crippen LogP contribution in [0.5, 0.6) is 0 Å². The number of hydrogen-bond donors (Lipinski definition) is 2. The SMILES string of the molecule is CCn1cc([N+](=O)[O-])cc1C(=O)NC(C)c1cn[nH]c1. The van der Waals surface area contributed by atoms with Crippen LogP contribution in [-0.4, -0.2) is 25.6 Å². The van der Waals surface area contributed by atoms with Gasteiger partial charge in [-0.25, -0.2) is 0 Å². The van der Waals surface area contributed by atoms with E-state index in [0.717, 1.165) is 5.56 Å². The van der Waals surface area contributed by atoms with E-state index in [9.17, 15) is 14.9 Å². The maximum Gasteiger partial charge on any atom is 0.287 e. The average Bonchev–Trinajstić information content (AvgIpc) is 3.07. The van der Waals surface area contributed by atoms with Crippen LogP contribution in [0.15, 0.2) is 24.7 Å². The minimum Gasteiger partial charge on any atom is -0.344 e. The molecule has 0 radical (unpaired) electrons. The van der Waals surface area contributed by atoms with Gasteiger partial charge in [0.15, 0.2) is 0 Å². The van der Waals surface area contributed by atoms with Gasteiger partial charge in [0.2, 0.25) is 0 Å². The van der Waals surface area contributed by atoms with Crippen LogP contribution in [-0.2, 0) is 6.54 Å². The standard InChI is InChI=1S/C12H15N5O3/c1-3-16-7-10(17(19)20)4-11(16)12(18)15-8(2)9-5-13-14-6-9/h4-8H,3H2,1-2H3,(H,13,14)(H,15,18). The lowest BCUT2D eigenvalue weighted by Crippen LogP contribution is -2.28. The van der Waals surface area contributed by atoms with Gasteiger partial charge in [0, 0.05) is 24.4 Å². The van der Waals surface area contributed by atoms with E-state index >= 15 is 0 Å². The van der Waals surface area contributed by atoms with Crippen molar-refractivity contribution < 1.29 is 9.72 Å². The Morgan fingerprint density at radius 3 is 2.95 bits per heavy atom. The van der Waals surface area contributed by atoms with Crippen molar-refractivity contribution in [1.82, 2.24) is 20.1 Å². The Bertz CT molecular complexity index is 617. The molecule has 1 amide bonds. The van der Waals surface area contributed by atoms with Crippen LogP contribution in [0.25, 0.3) is 0 Å². The molecular weight excluding hydrogens is 262 g/mol. The molecular formula is C12H15N5O3. The second kappa shape index (κ2) is 5.55. The van der Waals surface area contributed by atoms with Gasteiger partial charge in [0.25, 0.3) is 11.6 Å². The molecule has 2 rings (SSSR count). The zero-order chi connectivity index (χ0) is 14.7. The molecule has 0 aliphatic carbocycles. The third kappa shape index (κ3) is 2.68. The molecule has 20 heavy (non-hydrogen) atoms. The van der Waals surface area contributed by atoms with Crippen LogP contribution < -0.4 is 5.32 Å². The molecule has 0 bridgehead atoms. The van der Waals surface area contributed by atoms with Crippen LogP contribution >= 0.6 is 0 Å². The molecule has 106 valence electrons. The molecule has 0 aliphatic rings.